The number of nitrogens with two attached hydrogens (primary N) is 1. The topological polar surface area (TPSA) is 44.5 Å². The predicted octanol–water partition coefficient (Wildman–Crippen LogP) is 2.15. The van der Waals surface area contributed by atoms with Crippen molar-refractivity contribution in [2.75, 3.05) is 26.1 Å². The number of benzene rings is 1. The molecule has 1 saturated heterocycles. The number of hydrogen-bond acceptors (Lipinski definition) is 4. The Morgan fingerprint density at radius 1 is 1.53 bits per heavy atom. The number of para-hydroxylation sites is 1. The quantitative estimate of drug-likeness (QED) is 0.817. The van der Waals surface area contributed by atoms with Crippen LogP contribution in [0.15, 0.2) is 29.2 Å². The van der Waals surface area contributed by atoms with E-state index in [1.165, 1.54) is 0 Å². The van der Waals surface area contributed by atoms with E-state index >= 15 is 0 Å². The maximum absolute atomic E-state index is 6.18. The summed E-state index contributed by atoms with van der Waals surface area (Å²) in [6, 6.07) is 8.25. The zero-order chi connectivity index (χ0) is 12.1. The van der Waals surface area contributed by atoms with Crippen LogP contribution in [-0.2, 0) is 4.74 Å². The van der Waals surface area contributed by atoms with Crippen molar-refractivity contribution in [3.63, 3.8) is 0 Å². The molecule has 0 bridgehead atoms. The maximum Gasteiger partial charge on any atom is 0.132 e. The van der Waals surface area contributed by atoms with Gasteiger partial charge in [0.15, 0.2) is 0 Å². The summed E-state index contributed by atoms with van der Waals surface area (Å²) in [6.45, 7) is 1.67. The summed E-state index contributed by atoms with van der Waals surface area (Å²) in [4.78, 5) is 1.16. The Morgan fingerprint density at radius 2 is 2.35 bits per heavy atom. The average Bonchev–Trinajstić information content (AvgIpc) is 2.90. The Morgan fingerprint density at radius 3 is 3.06 bits per heavy atom. The molecule has 0 aromatic heterocycles. The van der Waals surface area contributed by atoms with Gasteiger partial charge in [-0.1, -0.05) is 12.1 Å². The summed E-state index contributed by atoms with van der Waals surface area (Å²) >= 11 is 1.76. The van der Waals surface area contributed by atoms with Crippen LogP contribution in [0.3, 0.4) is 0 Å². The molecule has 0 amide bonds. The molecule has 1 aliphatic rings. The normalized spacial score (nSPS) is 21.4. The van der Waals surface area contributed by atoms with Crippen LogP contribution in [0.25, 0.3) is 0 Å². The second-order valence-electron chi connectivity index (χ2n) is 4.25. The van der Waals surface area contributed by atoms with E-state index in [2.05, 4.69) is 6.07 Å². The molecule has 2 N–H and O–H groups in total. The molecule has 2 atom stereocenters. The van der Waals surface area contributed by atoms with Crippen LogP contribution in [-0.4, -0.2) is 32.1 Å². The Hall–Kier alpha value is -0.710. The maximum atomic E-state index is 6.18. The smallest absolute Gasteiger partial charge is 0.132 e. The fourth-order valence-electron chi connectivity index (χ4n) is 1.95. The van der Waals surface area contributed by atoms with E-state index in [9.17, 15) is 0 Å². The third kappa shape index (κ3) is 3.37. The van der Waals surface area contributed by atoms with Crippen LogP contribution in [0.4, 0.5) is 0 Å². The van der Waals surface area contributed by atoms with Gasteiger partial charge in [0.25, 0.3) is 0 Å². The minimum absolute atomic E-state index is 0.201. The van der Waals surface area contributed by atoms with Crippen molar-refractivity contribution in [2.45, 2.75) is 17.4 Å². The molecule has 1 aliphatic heterocycles. The lowest BCUT2D eigenvalue weighted by Crippen LogP contribution is -2.32. The molecule has 3 nitrogen and oxygen atoms in total. The summed E-state index contributed by atoms with van der Waals surface area (Å²) in [5, 5.41) is 0. The number of methoxy groups -OCH3 is 1. The van der Waals surface area contributed by atoms with E-state index in [1.807, 2.05) is 18.2 Å². The second kappa shape index (κ2) is 6.28. The average molecular weight is 253 g/mol. The molecule has 2 rings (SSSR count). The second-order valence-corrected chi connectivity index (χ2v) is 5.31. The number of thioether (sulfide) groups is 1. The van der Waals surface area contributed by atoms with E-state index in [0.29, 0.717) is 5.92 Å². The van der Waals surface area contributed by atoms with Crippen LogP contribution < -0.4 is 10.5 Å². The number of rotatable bonds is 5. The first-order valence-electron chi connectivity index (χ1n) is 5.90. The Labute approximate surface area is 107 Å². The highest BCUT2D eigenvalue weighted by molar-refractivity contribution is 7.99. The van der Waals surface area contributed by atoms with Crippen molar-refractivity contribution in [3.8, 4) is 5.75 Å². The van der Waals surface area contributed by atoms with Crippen molar-refractivity contribution in [1.82, 2.24) is 0 Å². The molecule has 0 aliphatic carbocycles. The minimum atomic E-state index is 0.201. The summed E-state index contributed by atoms with van der Waals surface area (Å²) in [5.41, 5.74) is 6.18. The minimum Gasteiger partial charge on any atom is -0.496 e. The van der Waals surface area contributed by atoms with E-state index in [-0.39, 0.29) is 6.04 Å². The highest BCUT2D eigenvalue weighted by atomic mass is 32.2. The van der Waals surface area contributed by atoms with Crippen molar-refractivity contribution in [2.24, 2.45) is 11.7 Å². The van der Waals surface area contributed by atoms with E-state index in [1.54, 1.807) is 18.9 Å². The Kier molecular flexibility index (Phi) is 4.71. The Bertz CT molecular complexity index is 353. The number of hydrogen-bond donors (Lipinski definition) is 1. The molecule has 0 saturated carbocycles. The van der Waals surface area contributed by atoms with Crippen molar-refractivity contribution in [3.05, 3.63) is 24.3 Å². The number of ether oxygens (including phenoxy) is 2. The molecule has 1 heterocycles. The van der Waals surface area contributed by atoms with Gasteiger partial charge in [0.1, 0.15) is 5.75 Å². The van der Waals surface area contributed by atoms with E-state index < -0.39 is 0 Å². The fraction of sp³-hybridized carbons (Fsp3) is 0.538. The van der Waals surface area contributed by atoms with Gasteiger partial charge in [-0.05, 0) is 18.6 Å². The van der Waals surface area contributed by atoms with Gasteiger partial charge >= 0.3 is 0 Å². The summed E-state index contributed by atoms with van der Waals surface area (Å²) in [6.07, 6.45) is 1.09. The van der Waals surface area contributed by atoms with Gasteiger partial charge in [-0.3, -0.25) is 0 Å². The zero-order valence-electron chi connectivity index (χ0n) is 10.1. The summed E-state index contributed by atoms with van der Waals surface area (Å²) in [5.74, 6) is 2.35. The fourth-order valence-corrected chi connectivity index (χ4v) is 3.06. The molecular formula is C13H19NO2S. The van der Waals surface area contributed by atoms with Crippen LogP contribution in [0.5, 0.6) is 5.75 Å². The van der Waals surface area contributed by atoms with Gasteiger partial charge < -0.3 is 15.2 Å². The van der Waals surface area contributed by atoms with Crippen LogP contribution in [0.1, 0.15) is 6.42 Å². The SMILES string of the molecule is COc1ccccc1SCC(N)C1CCOC1. The van der Waals surface area contributed by atoms with Gasteiger partial charge in [0.05, 0.1) is 13.7 Å². The molecule has 0 radical (unpaired) electrons. The third-order valence-electron chi connectivity index (χ3n) is 3.07. The van der Waals surface area contributed by atoms with Crippen LogP contribution >= 0.6 is 11.8 Å². The van der Waals surface area contributed by atoms with E-state index in [0.717, 1.165) is 36.0 Å². The van der Waals surface area contributed by atoms with Gasteiger partial charge in [0, 0.05) is 29.2 Å². The molecule has 1 fully saturated rings. The first kappa shape index (κ1) is 12.7. The van der Waals surface area contributed by atoms with Gasteiger partial charge in [-0.25, -0.2) is 0 Å². The Balaban J connectivity index is 1.88. The zero-order valence-corrected chi connectivity index (χ0v) is 10.9. The first-order valence-corrected chi connectivity index (χ1v) is 6.89. The predicted molar refractivity (Wildman–Crippen MR) is 70.6 cm³/mol. The molecule has 17 heavy (non-hydrogen) atoms. The lowest BCUT2D eigenvalue weighted by molar-refractivity contribution is 0.182. The molecule has 2 unspecified atom stereocenters. The van der Waals surface area contributed by atoms with Crippen molar-refractivity contribution < 1.29 is 9.47 Å². The lowest BCUT2D eigenvalue weighted by Gasteiger charge is -2.17. The highest BCUT2D eigenvalue weighted by Crippen LogP contribution is 2.30. The molecule has 94 valence electrons. The molecule has 4 heteroatoms. The van der Waals surface area contributed by atoms with Crippen LogP contribution in [0, 0.1) is 5.92 Å². The largest absolute Gasteiger partial charge is 0.496 e. The summed E-state index contributed by atoms with van der Waals surface area (Å²) < 4.78 is 10.7. The molecule has 1 aromatic rings. The van der Waals surface area contributed by atoms with Crippen LogP contribution in [0.2, 0.25) is 0 Å². The molecule has 1 aromatic carbocycles. The van der Waals surface area contributed by atoms with Gasteiger partial charge in [-0.2, -0.15) is 0 Å². The molecule has 0 spiro atoms. The van der Waals surface area contributed by atoms with Gasteiger partial charge in [0.2, 0.25) is 0 Å². The third-order valence-corrected chi connectivity index (χ3v) is 4.27. The highest BCUT2D eigenvalue weighted by Gasteiger charge is 2.22. The van der Waals surface area contributed by atoms with E-state index in [4.69, 9.17) is 15.2 Å². The van der Waals surface area contributed by atoms with Gasteiger partial charge in [-0.15, -0.1) is 11.8 Å². The first-order chi connectivity index (χ1) is 8.31. The van der Waals surface area contributed by atoms with Crippen molar-refractivity contribution >= 4 is 11.8 Å². The standard InChI is InChI=1S/C13H19NO2S/c1-15-12-4-2-3-5-13(12)17-9-11(14)10-6-7-16-8-10/h2-5,10-11H,6-9,14H2,1H3. The molecular weight excluding hydrogens is 234 g/mol. The van der Waals surface area contributed by atoms with Crippen molar-refractivity contribution in [1.29, 1.82) is 0 Å². The monoisotopic (exact) mass is 253 g/mol. The lowest BCUT2D eigenvalue weighted by atomic mass is 10.0. The summed E-state index contributed by atoms with van der Waals surface area (Å²) in [7, 11) is 1.70.